The Kier molecular flexibility index (Phi) is 5.55. The summed E-state index contributed by atoms with van der Waals surface area (Å²) in [5, 5.41) is 2.99. The molecule has 1 saturated carbocycles. The SMILES string of the molecule is COC(=O)C1CCC(NC(=O)/C=C/c2ccccc2)CC1. The first-order valence-corrected chi connectivity index (χ1v) is 7.30. The summed E-state index contributed by atoms with van der Waals surface area (Å²) < 4.78 is 4.76. The maximum atomic E-state index is 11.9. The standard InChI is InChI=1S/C17H21NO3/c1-21-17(20)14-8-10-15(11-9-14)18-16(19)12-7-13-5-3-2-4-6-13/h2-7,12,14-15H,8-11H2,1H3,(H,18,19)/b12-7+. The van der Waals surface area contributed by atoms with Gasteiger partial charge in [0.15, 0.2) is 0 Å². The van der Waals surface area contributed by atoms with Crippen LogP contribution >= 0.6 is 0 Å². The molecular formula is C17H21NO3. The van der Waals surface area contributed by atoms with Crippen molar-refractivity contribution < 1.29 is 14.3 Å². The summed E-state index contributed by atoms with van der Waals surface area (Å²) in [5.74, 6) is -0.230. The predicted molar refractivity (Wildman–Crippen MR) is 81.4 cm³/mol. The third-order valence-electron chi connectivity index (χ3n) is 3.83. The zero-order valence-corrected chi connectivity index (χ0v) is 12.2. The number of carbonyl (C=O) groups excluding carboxylic acids is 2. The Morgan fingerprint density at radius 2 is 1.81 bits per heavy atom. The lowest BCUT2D eigenvalue weighted by Crippen LogP contribution is -2.38. The second-order valence-electron chi connectivity index (χ2n) is 5.32. The summed E-state index contributed by atoms with van der Waals surface area (Å²) >= 11 is 0. The minimum Gasteiger partial charge on any atom is -0.469 e. The lowest BCUT2D eigenvalue weighted by atomic mass is 9.86. The fourth-order valence-corrected chi connectivity index (χ4v) is 2.63. The summed E-state index contributed by atoms with van der Waals surface area (Å²) in [6, 6.07) is 9.87. The Morgan fingerprint density at radius 3 is 2.43 bits per heavy atom. The van der Waals surface area contributed by atoms with Crippen molar-refractivity contribution in [1.29, 1.82) is 0 Å². The second-order valence-corrected chi connectivity index (χ2v) is 5.32. The number of hydrogen-bond acceptors (Lipinski definition) is 3. The van der Waals surface area contributed by atoms with Gasteiger partial charge in [0.1, 0.15) is 0 Å². The number of benzene rings is 1. The highest BCUT2D eigenvalue weighted by molar-refractivity contribution is 5.91. The van der Waals surface area contributed by atoms with Gasteiger partial charge in [-0.15, -0.1) is 0 Å². The van der Waals surface area contributed by atoms with Crippen LogP contribution < -0.4 is 5.32 Å². The minimum atomic E-state index is -0.135. The fourth-order valence-electron chi connectivity index (χ4n) is 2.63. The third-order valence-corrected chi connectivity index (χ3v) is 3.83. The molecule has 0 aliphatic heterocycles. The number of esters is 1. The highest BCUT2D eigenvalue weighted by Crippen LogP contribution is 2.25. The highest BCUT2D eigenvalue weighted by Gasteiger charge is 2.27. The van der Waals surface area contributed by atoms with E-state index in [1.807, 2.05) is 30.3 Å². The number of hydrogen-bond donors (Lipinski definition) is 1. The minimum absolute atomic E-state index is 0.0111. The molecule has 1 aliphatic rings. The fraction of sp³-hybridized carbons (Fsp3) is 0.412. The molecule has 4 heteroatoms. The van der Waals surface area contributed by atoms with Crippen LogP contribution in [0.3, 0.4) is 0 Å². The van der Waals surface area contributed by atoms with Gasteiger partial charge >= 0.3 is 5.97 Å². The lowest BCUT2D eigenvalue weighted by Gasteiger charge is -2.27. The van der Waals surface area contributed by atoms with Crippen LogP contribution in [0.1, 0.15) is 31.2 Å². The molecule has 21 heavy (non-hydrogen) atoms. The Balaban J connectivity index is 1.77. The first-order valence-electron chi connectivity index (χ1n) is 7.30. The summed E-state index contributed by atoms with van der Waals surface area (Å²) in [6.45, 7) is 0. The third kappa shape index (κ3) is 4.74. The molecule has 1 fully saturated rings. The molecule has 0 heterocycles. The van der Waals surface area contributed by atoms with Gasteiger partial charge in [-0.2, -0.15) is 0 Å². The molecule has 1 aromatic rings. The molecule has 2 rings (SSSR count). The van der Waals surface area contributed by atoms with Gasteiger partial charge in [0.2, 0.25) is 5.91 Å². The van der Waals surface area contributed by atoms with Crippen LogP contribution in [0.2, 0.25) is 0 Å². The molecule has 1 N–H and O–H groups in total. The molecule has 1 aromatic carbocycles. The van der Waals surface area contributed by atoms with Crippen molar-refractivity contribution >= 4 is 18.0 Å². The quantitative estimate of drug-likeness (QED) is 0.684. The first kappa shape index (κ1) is 15.3. The molecule has 0 unspecified atom stereocenters. The van der Waals surface area contributed by atoms with Crippen LogP contribution in [-0.4, -0.2) is 25.0 Å². The predicted octanol–water partition coefficient (Wildman–Crippen LogP) is 2.55. The summed E-state index contributed by atoms with van der Waals surface area (Å²) in [7, 11) is 1.42. The molecule has 1 amide bonds. The van der Waals surface area contributed by atoms with E-state index in [0.717, 1.165) is 31.2 Å². The van der Waals surface area contributed by atoms with E-state index in [2.05, 4.69) is 5.32 Å². The normalized spacial score (nSPS) is 22.0. The second kappa shape index (κ2) is 7.62. The summed E-state index contributed by atoms with van der Waals surface area (Å²) in [4.78, 5) is 23.3. The van der Waals surface area contributed by atoms with Gasteiger partial charge in [0.25, 0.3) is 0 Å². The van der Waals surface area contributed by atoms with E-state index < -0.39 is 0 Å². The van der Waals surface area contributed by atoms with Gasteiger partial charge in [-0.3, -0.25) is 9.59 Å². The molecule has 0 saturated heterocycles. The maximum absolute atomic E-state index is 11.9. The Labute approximate surface area is 125 Å². The van der Waals surface area contributed by atoms with Gasteiger partial charge in [-0.05, 0) is 37.3 Å². The van der Waals surface area contributed by atoms with E-state index in [1.54, 1.807) is 12.2 Å². The molecule has 4 nitrogen and oxygen atoms in total. The molecular weight excluding hydrogens is 266 g/mol. The van der Waals surface area contributed by atoms with Crippen LogP contribution in [0.5, 0.6) is 0 Å². The molecule has 0 aromatic heterocycles. The average Bonchev–Trinajstić information content (AvgIpc) is 2.54. The van der Waals surface area contributed by atoms with Gasteiger partial charge in [0.05, 0.1) is 13.0 Å². The van der Waals surface area contributed by atoms with E-state index in [1.165, 1.54) is 7.11 Å². The number of ether oxygens (including phenoxy) is 1. The Bertz CT molecular complexity index is 502. The molecule has 0 spiro atoms. The zero-order valence-electron chi connectivity index (χ0n) is 12.2. The summed E-state index contributed by atoms with van der Waals surface area (Å²) in [5.41, 5.74) is 1.00. The largest absolute Gasteiger partial charge is 0.469 e. The van der Waals surface area contributed by atoms with Crippen molar-refractivity contribution in [2.75, 3.05) is 7.11 Å². The molecule has 112 valence electrons. The van der Waals surface area contributed by atoms with Gasteiger partial charge < -0.3 is 10.1 Å². The van der Waals surface area contributed by atoms with Crippen molar-refractivity contribution in [2.45, 2.75) is 31.7 Å². The van der Waals surface area contributed by atoms with Crippen molar-refractivity contribution in [2.24, 2.45) is 5.92 Å². The maximum Gasteiger partial charge on any atom is 0.308 e. The zero-order chi connectivity index (χ0) is 15.1. The van der Waals surface area contributed by atoms with E-state index in [9.17, 15) is 9.59 Å². The number of rotatable bonds is 4. The molecule has 1 aliphatic carbocycles. The lowest BCUT2D eigenvalue weighted by molar-refractivity contribution is -0.146. The van der Waals surface area contributed by atoms with Crippen LogP contribution in [-0.2, 0) is 14.3 Å². The smallest absolute Gasteiger partial charge is 0.308 e. The van der Waals surface area contributed by atoms with Crippen LogP contribution in [0, 0.1) is 5.92 Å². The van der Waals surface area contributed by atoms with Gasteiger partial charge in [-0.25, -0.2) is 0 Å². The number of nitrogens with one attached hydrogen (secondary N) is 1. The highest BCUT2D eigenvalue weighted by atomic mass is 16.5. The number of methoxy groups -OCH3 is 1. The molecule has 0 radical (unpaired) electrons. The topological polar surface area (TPSA) is 55.4 Å². The number of carbonyl (C=O) groups is 2. The van der Waals surface area contributed by atoms with E-state index >= 15 is 0 Å². The first-order chi connectivity index (χ1) is 10.2. The average molecular weight is 287 g/mol. The van der Waals surface area contributed by atoms with Crippen molar-refractivity contribution in [3.63, 3.8) is 0 Å². The Hall–Kier alpha value is -2.10. The monoisotopic (exact) mass is 287 g/mol. The van der Waals surface area contributed by atoms with Crippen molar-refractivity contribution in [3.05, 3.63) is 42.0 Å². The Morgan fingerprint density at radius 1 is 1.14 bits per heavy atom. The van der Waals surface area contributed by atoms with Gasteiger partial charge in [-0.1, -0.05) is 30.3 Å². The van der Waals surface area contributed by atoms with Crippen LogP contribution in [0.4, 0.5) is 0 Å². The molecule has 0 atom stereocenters. The summed E-state index contributed by atoms with van der Waals surface area (Å²) in [6.07, 6.45) is 6.56. The van der Waals surface area contributed by atoms with Crippen molar-refractivity contribution in [1.82, 2.24) is 5.32 Å². The number of amides is 1. The molecule has 0 bridgehead atoms. The van der Waals surface area contributed by atoms with Crippen LogP contribution in [0.15, 0.2) is 36.4 Å². The van der Waals surface area contributed by atoms with E-state index in [0.29, 0.717) is 0 Å². The van der Waals surface area contributed by atoms with E-state index in [4.69, 9.17) is 4.74 Å². The van der Waals surface area contributed by atoms with Crippen molar-refractivity contribution in [3.8, 4) is 0 Å². The van der Waals surface area contributed by atoms with Gasteiger partial charge in [0, 0.05) is 12.1 Å². The van der Waals surface area contributed by atoms with Crippen LogP contribution in [0.25, 0.3) is 6.08 Å². The van der Waals surface area contributed by atoms with E-state index in [-0.39, 0.29) is 23.8 Å².